The molecule has 2 aromatic heterocycles. The molecule has 51 heavy (non-hydrogen) atoms. The molecule has 1 aliphatic rings. The Hall–Kier alpha value is -6.42. The molecule has 0 fully saturated rings. The van der Waals surface area contributed by atoms with Crippen molar-refractivity contribution in [3.63, 3.8) is 0 Å². The summed E-state index contributed by atoms with van der Waals surface area (Å²) >= 11 is 1.89. The van der Waals surface area contributed by atoms with Crippen molar-refractivity contribution in [3.05, 3.63) is 164 Å². The maximum absolute atomic E-state index is 6.54. The van der Waals surface area contributed by atoms with Gasteiger partial charge in [0.25, 0.3) is 0 Å². The first-order valence-electron chi connectivity index (χ1n) is 17.4. The van der Waals surface area contributed by atoms with Crippen molar-refractivity contribution in [2.45, 2.75) is 0 Å². The first-order chi connectivity index (χ1) is 25.3. The smallest absolute Gasteiger partial charge is 0.136 e. The van der Waals surface area contributed by atoms with Crippen molar-refractivity contribution in [2.24, 2.45) is 0 Å². The monoisotopic (exact) mass is 665 g/mol. The van der Waals surface area contributed by atoms with Crippen LogP contribution in [0.3, 0.4) is 0 Å². The Balaban J connectivity index is 1.12. The summed E-state index contributed by atoms with van der Waals surface area (Å²) in [5.74, 6) is 0. The highest BCUT2D eigenvalue weighted by atomic mass is 32.1. The van der Waals surface area contributed by atoms with Crippen LogP contribution in [-0.2, 0) is 0 Å². The zero-order chi connectivity index (χ0) is 33.2. The van der Waals surface area contributed by atoms with Gasteiger partial charge in [-0.1, -0.05) is 103 Å². The maximum atomic E-state index is 6.54. The lowest BCUT2D eigenvalue weighted by Gasteiger charge is -2.26. The second kappa shape index (κ2) is 10.1. The van der Waals surface area contributed by atoms with E-state index in [0.29, 0.717) is 0 Å². The van der Waals surface area contributed by atoms with E-state index in [9.17, 15) is 0 Å². The molecule has 9 aromatic carbocycles. The minimum atomic E-state index is 0.942. The van der Waals surface area contributed by atoms with Gasteiger partial charge in [0.15, 0.2) is 0 Å². The summed E-state index contributed by atoms with van der Waals surface area (Å²) < 4.78 is 9.17. The molecule has 0 amide bonds. The number of nitrogens with zero attached hydrogens (tertiary/aromatic N) is 1. The van der Waals surface area contributed by atoms with E-state index in [1.54, 1.807) is 0 Å². The normalized spacial score (nSPS) is 12.3. The van der Waals surface area contributed by atoms with E-state index in [4.69, 9.17) is 4.42 Å². The SMILES string of the molecule is c1ccc(N(c2cccc(-c3ccc4sc5ccc6ccc7oc8cccc9c8c7c6c5c4c3-9)c2)c2ccc3c(ccc4ccccc43)c2)cc1. The van der Waals surface area contributed by atoms with Gasteiger partial charge in [0.1, 0.15) is 11.2 Å². The molecule has 0 bridgehead atoms. The van der Waals surface area contributed by atoms with E-state index in [1.165, 1.54) is 85.5 Å². The zero-order valence-electron chi connectivity index (χ0n) is 27.4. The van der Waals surface area contributed by atoms with Crippen molar-refractivity contribution >= 4 is 103 Å². The number of hydrogen-bond acceptors (Lipinski definition) is 3. The van der Waals surface area contributed by atoms with Crippen molar-refractivity contribution in [2.75, 3.05) is 4.90 Å². The van der Waals surface area contributed by atoms with E-state index < -0.39 is 0 Å². The molecule has 0 N–H and O–H groups in total. The van der Waals surface area contributed by atoms with Gasteiger partial charge < -0.3 is 9.32 Å². The molecule has 12 rings (SSSR count). The van der Waals surface area contributed by atoms with Crippen LogP contribution in [-0.4, -0.2) is 0 Å². The Morgan fingerprint density at radius 3 is 2.08 bits per heavy atom. The Kier molecular flexibility index (Phi) is 5.41. The summed E-state index contributed by atoms with van der Waals surface area (Å²) in [6.45, 7) is 0. The minimum absolute atomic E-state index is 0.942. The number of para-hydroxylation sites is 1. The lowest BCUT2D eigenvalue weighted by molar-refractivity contribution is 0.669. The minimum Gasteiger partial charge on any atom is -0.456 e. The summed E-state index contributed by atoms with van der Waals surface area (Å²) in [4.78, 5) is 2.38. The topological polar surface area (TPSA) is 16.4 Å². The summed E-state index contributed by atoms with van der Waals surface area (Å²) in [6.07, 6.45) is 0. The number of anilines is 3. The average Bonchev–Trinajstić information content (AvgIpc) is 3.73. The van der Waals surface area contributed by atoms with Crippen LogP contribution in [0.2, 0.25) is 0 Å². The lowest BCUT2D eigenvalue weighted by Crippen LogP contribution is -2.10. The predicted octanol–water partition coefficient (Wildman–Crippen LogP) is 14.5. The lowest BCUT2D eigenvalue weighted by atomic mass is 9.90. The zero-order valence-corrected chi connectivity index (χ0v) is 28.2. The third-order valence-electron chi connectivity index (χ3n) is 10.9. The highest BCUT2D eigenvalue weighted by molar-refractivity contribution is 7.26. The van der Waals surface area contributed by atoms with Gasteiger partial charge in [-0.25, -0.2) is 0 Å². The van der Waals surface area contributed by atoms with Crippen LogP contribution in [0.4, 0.5) is 17.1 Å². The number of rotatable bonds is 4. The second-order valence-corrected chi connectivity index (χ2v) is 14.7. The predicted molar refractivity (Wildman–Crippen MR) is 218 cm³/mol. The Morgan fingerprint density at radius 1 is 0.392 bits per heavy atom. The molecule has 0 spiro atoms. The number of hydrogen-bond donors (Lipinski definition) is 0. The number of benzene rings is 9. The van der Waals surface area contributed by atoms with Crippen LogP contribution >= 0.6 is 11.3 Å². The van der Waals surface area contributed by atoms with E-state index in [-0.39, 0.29) is 0 Å². The highest BCUT2D eigenvalue weighted by Crippen LogP contribution is 2.54. The quantitative estimate of drug-likeness (QED) is 0.174. The van der Waals surface area contributed by atoms with Gasteiger partial charge >= 0.3 is 0 Å². The molecule has 2 nitrogen and oxygen atoms in total. The Bertz CT molecular complexity index is 3250. The highest BCUT2D eigenvalue weighted by Gasteiger charge is 2.26. The Morgan fingerprint density at radius 2 is 1.12 bits per heavy atom. The number of fused-ring (bicyclic) bond motifs is 4. The van der Waals surface area contributed by atoms with Crippen LogP contribution in [0.1, 0.15) is 0 Å². The fraction of sp³-hybridized carbons (Fsp3) is 0. The molecule has 1 aliphatic carbocycles. The maximum Gasteiger partial charge on any atom is 0.136 e. The van der Waals surface area contributed by atoms with Crippen molar-refractivity contribution in [1.82, 2.24) is 0 Å². The van der Waals surface area contributed by atoms with E-state index in [1.807, 2.05) is 11.3 Å². The third-order valence-corrected chi connectivity index (χ3v) is 12.0. The fourth-order valence-corrected chi connectivity index (χ4v) is 9.90. The summed E-state index contributed by atoms with van der Waals surface area (Å²) in [6, 6.07) is 59.9. The number of furan rings is 1. The first-order valence-corrected chi connectivity index (χ1v) is 18.2. The summed E-state index contributed by atoms with van der Waals surface area (Å²) in [5, 5.41) is 12.7. The van der Waals surface area contributed by atoms with Crippen LogP contribution in [0.5, 0.6) is 0 Å². The molecule has 3 heteroatoms. The van der Waals surface area contributed by atoms with Gasteiger partial charge in [0.05, 0.1) is 0 Å². The fourth-order valence-electron chi connectivity index (χ4n) is 8.78. The molecule has 236 valence electrons. The van der Waals surface area contributed by atoms with Crippen LogP contribution in [0.15, 0.2) is 168 Å². The standard InChI is InChI=1S/C48H27NOS/c1-2-10-32(11-3-1)49(34-20-21-36-31(27-34)17-16-28-8-4-5-13-35(28)36)33-12-6-9-30(26-33)37-22-25-42-48-44(37)38-14-7-15-39-45(38)46-40(50-39)23-18-29-19-24-41(51-42)47(48)43(29)46/h1-27H. The third kappa shape index (κ3) is 3.76. The van der Waals surface area contributed by atoms with Crippen molar-refractivity contribution in [3.8, 4) is 22.3 Å². The van der Waals surface area contributed by atoms with Gasteiger partial charge in [-0.3, -0.25) is 0 Å². The van der Waals surface area contributed by atoms with Gasteiger partial charge in [0, 0.05) is 53.4 Å². The van der Waals surface area contributed by atoms with Gasteiger partial charge in [-0.05, 0) is 110 Å². The van der Waals surface area contributed by atoms with Crippen molar-refractivity contribution < 1.29 is 4.42 Å². The van der Waals surface area contributed by atoms with Gasteiger partial charge in [-0.15, -0.1) is 11.3 Å². The Labute approximate surface area is 297 Å². The summed E-state index contributed by atoms with van der Waals surface area (Å²) in [7, 11) is 0. The largest absolute Gasteiger partial charge is 0.456 e. The second-order valence-electron chi connectivity index (χ2n) is 13.6. The molecule has 0 atom stereocenters. The van der Waals surface area contributed by atoms with Gasteiger partial charge in [0.2, 0.25) is 0 Å². The first kappa shape index (κ1) is 27.4. The summed E-state index contributed by atoms with van der Waals surface area (Å²) in [5.41, 5.74) is 10.2. The van der Waals surface area contributed by atoms with Gasteiger partial charge in [-0.2, -0.15) is 0 Å². The molecule has 11 aromatic rings. The van der Waals surface area contributed by atoms with Crippen LogP contribution < -0.4 is 4.90 Å². The molecule has 2 heterocycles. The molecule has 0 unspecified atom stereocenters. The van der Waals surface area contributed by atoms with E-state index in [0.717, 1.165) is 28.2 Å². The molecule has 0 saturated heterocycles. The molecule has 0 saturated carbocycles. The molecular weight excluding hydrogens is 639 g/mol. The number of thiophene rings is 1. The van der Waals surface area contributed by atoms with E-state index >= 15 is 0 Å². The average molecular weight is 666 g/mol. The molecular formula is C48H27NOS. The van der Waals surface area contributed by atoms with Crippen molar-refractivity contribution in [1.29, 1.82) is 0 Å². The van der Waals surface area contributed by atoms with Crippen LogP contribution in [0, 0.1) is 0 Å². The van der Waals surface area contributed by atoms with Crippen LogP contribution in [0.25, 0.3) is 96.7 Å². The molecule has 0 radical (unpaired) electrons. The van der Waals surface area contributed by atoms with E-state index in [2.05, 4.69) is 169 Å². The molecule has 0 aliphatic heterocycles.